The van der Waals surface area contributed by atoms with Gasteiger partial charge in [-0.25, -0.2) is 14.6 Å². The molecule has 0 spiro atoms. The maximum absolute atomic E-state index is 11.8. The second-order valence-electron chi connectivity index (χ2n) is 5.28. The van der Waals surface area contributed by atoms with Crippen molar-refractivity contribution in [2.24, 2.45) is 0 Å². The molecule has 0 fully saturated rings. The van der Waals surface area contributed by atoms with Crippen LogP contribution in [0.4, 0.5) is 5.82 Å². The highest BCUT2D eigenvalue weighted by molar-refractivity contribution is 5.85. The van der Waals surface area contributed by atoms with Crippen molar-refractivity contribution < 1.29 is 9.53 Å². The summed E-state index contributed by atoms with van der Waals surface area (Å²) in [5, 5.41) is 4.73. The largest absolute Gasteiger partial charge is 0.459 e. The summed E-state index contributed by atoms with van der Waals surface area (Å²) in [7, 11) is 0. The minimum atomic E-state index is -0.524. The first kappa shape index (κ1) is 13.3. The minimum Gasteiger partial charge on any atom is -0.459 e. The van der Waals surface area contributed by atoms with Crippen molar-refractivity contribution in [3.63, 3.8) is 0 Å². The van der Waals surface area contributed by atoms with Gasteiger partial charge in [-0.2, -0.15) is 5.10 Å². The molecule has 0 bridgehead atoms. The van der Waals surface area contributed by atoms with Crippen molar-refractivity contribution in [3.05, 3.63) is 12.0 Å². The normalized spacial score (nSPS) is 11.8. The van der Waals surface area contributed by atoms with Gasteiger partial charge in [0.2, 0.25) is 0 Å². The number of nitrogens with two attached hydrogens (primary N) is 1. The summed E-state index contributed by atoms with van der Waals surface area (Å²) in [6.07, 6.45) is 1.55. The average molecular weight is 263 g/mol. The predicted octanol–water partition coefficient (Wildman–Crippen LogP) is 1.06. The quantitative estimate of drug-likeness (QED) is 0.814. The number of esters is 1. The van der Waals surface area contributed by atoms with Crippen LogP contribution < -0.4 is 5.73 Å². The van der Waals surface area contributed by atoms with Gasteiger partial charge in [0.1, 0.15) is 23.8 Å². The van der Waals surface area contributed by atoms with Crippen LogP contribution in [-0.2, 0) is 16.1 Å². The van der Waals surface area contributed by atoms with Crippen molar-refractivity contribution >= 4 is 22.8 Å². The number of carbonyl (C=O) groups excluding carboxylic acids is 1. The van der Waals surface area contributed by atoms with Gasteiger partial charge in [-0.05, 0) is 27.7 Å². The number of nitrogens with zero attached hydrogens (tertiary/aromatic N) is 4. The predicted molar refractivity (Wildman–Crippen MR) is 70.3 cm³/mol. The second-order valence-corrected chi connectivity index (χ2v) is 5.28. The van der Waals surface area contributed by atoms with Crippen molar-refractivity contribution in [2.75, 3.05) is 5.73 Å². The lowest BCUT2D eigenvalue weighted by Gasteiger charge is -2.19. The minimum absolute atomic E-state index is 0.00331. The molecular weight excluding hydrogens is 246 g/mol. The molecule has 102 valence electrons. The Labute approximate surface area is 110 Å². The van der Waals surface area contributed by atoms with Crippen LogP contribution in [0.15, 0.2) is 6.20 Å². The maximum atomic E-state index is 11.8. The topological polar surface area (TPSA) is 95.9 Å². The molecule has 7 heteroatoms. The van der Waals surface area contributed by atoms with Gasteiger partial charge in [0.15, 0.2) is 5.65 Å². The molecule has 0 aliphatic carbocycles. The van der Waals surface area contributed by atoms with Crippen molar-refractivity contribution in [3.8, 4) is 0 Å². The summed E-state index contributed by atoms with van der Waals surface area (Å²) in [6, 6.07) is 0. The number of anilines is 1. The van der Waals surface area contributed by atoms with E-state index in [0.717, 1.165) is 0 Å². The number of aryl methyl sites for hydroxylation is 1. The molecule has 2 aromatic rings. The first-order chi connectivity index (χ1) is 8.76. The lowest BCUT2D eigenvalue weighted by Crippen LogP contribution is -2.26. The number of fused-ring (bicyclic) bond motifs is 1. The van der Waals surface area contributed by atoms with E-state index < -0.39 is 5.60 Å². The number of ether oxygens (including phenoxy) is 1. The number of hydrogen-bond donors (Lipinski definition) is 1. The highest BCUT2D eigenvalue weighted by atomic mass is 16.6. The number of carbonyl (C=O) groups is 1. The van der Waals surface area contributed by atoms with Gasteiger partial charge in [0.05, 0.1) is 11.6 Å². The fourth-order valence-electron chi connectivity index (χ4n) is 1.70. The lowest BCUT2D eigenvalue weighted by molar-refractivity contribution is -0.155. The van der Waals surface area contributed by atoms with Gasteiger partial charge < -0.3 is 10.5 Å². The van der Waals surface area contributed by atoms with Gasteiger partial charge in [-0.3, -0.25) is 4.79 Å². The van der Waals surface area contributed by atoms with Crippen LogP contribution in [0.2, 0.25) is 0 Å². The molecule has 0 unspecified atom stereocenters. The van der Waals surface area contributed by atoms with Gasteiger partial charge in [0, 0.05) is 0 Å². The third-order valence-corrected chi connectivity index (χ3v) is 2.34. The van der Waals surface area contributed by atoms with Crippen LogP contribution in [0, 0.1) is 6.92 Å². The summed E-state index contributed by atoms with van der Waals surface area (Å²) in [5.74, 6) is 0.529. The fraction of sp³-hybridized carbons (Fsp3) is 0.500. The SMILES string of the molecule is Cc1nc(N)c2cnn(CC(=O)OC(C)(C)C)c2n1. The molecule has 0 radical (unpaired) electrons. The summed E-state index contributed by atoms with van der Waals surface area (Å²) in [4.78, 5) is 20.1. The van der Waals surface area contributed by atoms with E-state index >= 15 is 0 Å². The molecule has 7 nitrogen and oxygen atoms in total. The molecule has 0 saturated heterocycles. The van der Waals surface area contributed by atoms with Crippen LogP contribution in [0.1, 0.15) is 26.6 Å². The zero-order valence-corrected chi connectivity index (χ0v) is 11.5. The highest BCUT2D eigenvalue weighted by Gasteiger charge is 2.18. The molecule has 2 rings (SSSR count). The lowest BCUT2D eigenvalue weighted by atomic mass is 10.2. The third-order valence-electron chi connectivity index (χ3n) is 2.34. The number of hydrogen-bond acceptors (Lipinski definition) is 6. The molecule has 0 aliphatic heterocycles. The molecule has 2 aromatic heterocycles. The molecule has 0 amide bonds. The molecule has 0 atom stereocenters. The highest BCUT2D eigenvalue weighted by Crippen LogP contribution is 2.17. The Bertz CT molecular complexity index is 627. The van der Waals surface area contributed by atoms with Crippen LogP contribution in [0.25, 0.3) is 11.0 Å². The van der Waals surface area contributed by atoms with E-state index in [1.54, 1.807) is 13.1 Å². The number of aromatic nitrogens is 4. The number of rotatable bonds is 2. The summed E-state index contributed by atoms with van der Waals surface area (Å²) < 4.78 is 6.71. The molecule has 0 aromatic carbocycles. The zero-order chi connectivity index (χ0) is 14.2. The van der Waals surface area contributed by atoms with Crippen molar-refractivity contribution in [1.29, 1.82) is 0 Å². The van der Waals surface area contributed by atoms with Crippen LogP contribution in [-0.4, -0.2) is 31.3 Å². The summed E-state index contributed by atoms with van der Waals surface area (Å²) in [5.41, 5.74) is 5.80. The van der Waals surface area contributed by atoms with Crippen LogP contribution >= 0.6 is 0 Å². The maximum Gasteiger partial charge on any atom is 0.328 e. The van der Waals surface area contributed by atoms with E-state index in [2.05, 4.69) is 15.1 Å². The molecule has 0 saturated carbocycles. The van der Waals surface area contributed by atoms with Crippen LogP contribution in [0.3, 0.4) is 0 Å². The van der Waals surface area contributed by atoms with E-state index in [1.165, 1.54) is 4.68 Å². The van der Waals surface area contributed by atoms with Crippen LogP contribution in [0.5, 0.6) is 0 Å². The third kappa shape index (κ3) is 2.98. The molecule has 0 aliphatic rings. The van der Waals surface area contributed by atoms with Crippen molar-refractivity contribution in [1.82, 2.24) is 19.7 Å². The Kier molecular flexibility index (Phi) is 3.13. The van der Waals surface area contributed by atoms with Gasteiger partial charge in [-0.15, -0.1) is 0 Å². The van der Waals surface area contributed by atoms with E-state index in [1.807, 2.05) is 20.8 Å². The van der Waals surface area contributed by atoms with Crippen molar-refractivity contribution in [2.45, 2.75) is 39.8 Å². The van der Waals surface area contributed by atoms with Gasteiger partial charge in [-0.1, -0.05) is 0 Å². The summed E-state index contributed by atoms with van der Waals surface area (Å²) >= 11 is 0. The Hall–Kier alpha value is -2.18. The molecular formula is C12H17N5O2. The average Bonchev–Trinajstić information content (AvgIpc) is 2.58. The molecule has 2 heterocycles. The number of nitrogen functional groups attached to an aromatic ring is 1. The Morgan fingerprint density at radius 1 is 1.42 bits per heavy atom. The molecule has 19 heavy (non-hydrogen) atoms. The first-order valence-corrected chi connectivity index (χ1v) is 5.94. The Balaban J connectivity index is 2.29. The van der Waals surface area contributed by atoms with E-state index in [4.69, 9.17) is 10.5 Å². The monoisotopic (exact) mass is 263 g/mol. The van der Waals surface area contributed by atoms with Gasteiger partial charge >= 0.3 is 5.97 Å². The Morgan fingerprint density at radius 3 is 2.74 bits per heavy atom. The van der Waals surface area contributed by atoms with E-state index in [9.17, 15) is 4.79 Å². The fourth-order valence-corrected chi connectivity index (χ4v) is 1.70. The Morgan fingerprint density at radius 2 is 2.11 bits per heavy atom. The van der Waals surface area contributed by atoms with E-state index in [0.29, 0.717) is 22.7 Å². The second kappa shape index (κ2) is 4.49. The van der Waals surface area contributed by atoms with Gasteiger partial charge in [0.25, 0.3) is 0 Å². The summed E-state index contributed by atoms with van der Waals surface area (Å²) in [6.45, 7) is 7.18. The first-order valence-electron chi connectivity index (χ1n) is 5.94. The smallest absolute Gasteiger partial charge is 0.328 e. The standard InChI is InChI=1S/C12H17N5O2/c1-7-15-10(13)8-5-14-17(11(8)16-7)6-9(18)19-12(2,3)4/h5H,6H2,1-4H3,(H2,13,15,16). The zero-order valence-electron chi connectivity index (χ0n) is 11.5. The van der Waals surface area contributed by atoms with E-state index in [-0.39, 0.29) is 12.5 Å². The molecule has 2 N–H and O–H groups in total.